The van der Waals surface area contributed by atoms with Crippen molar-refractivity contribution < 1.29 is 19.0 Å². The molecular formula is C26H27FN2O3. The van der Waals surface area contributed by atoms with E-state index in [1.54, 1.807) is 6.07 Å². The summed E-state index contributed by atoms with van der Waals surface area (Å²) in [6.07, 6.45) is 3.56. The molecule has 0 aliphatic carbocycles. The van der Waals surface area contributed by atoms with Crippen LogP contribution in [0.4, 0.5) is 10.1 Å². The standard InChI is InChI=1S/C26H27FN2O3/c1-26(2)21(17-7-5-16(6-8-17)14-29-11-3-4-19(30)15-29)13-23(32-26)24-20-12-18(27)9-10-22(20)28-25(24)31/h5-10,12-13,19,30H,3-4,11,14-15H2,1-2H3,(H,28,31). The number of hydrogen-bond donors (Lipinski definition) is 2. The van der Waals surface area contributed by atoms with Crippen LogP contribution in [0.5, 0.6) is 0 Å². The Bertz CT molecular complexity index is 1130. The number of allylic oxidation sites excluding steroid dienone is 1. The summed E-state index contributed by atoms with van der Waals surface area (Å²) >= 11 is 0. The second-order valence-corrected chi connectivity index (χ2v) is 9.28. The number of hydrogen-bond acceptors (Lipinski definition) is 4. The van der Waals surface area contributed by atoms with E-state index in [-0.39, 0.29) is 12.0 Å². The summed E-state index contributed by atoms with van der Waals surface area (Å²) in [7, 11) is 0. The fourth-order valence-corrected chi connectivity index (χ4v) is 4.83. The van der Waals surface area contributed by atoms with E-state index in [2.05, 4.69) is 34.5 Å². The van der Waals surface area contributed by atoms with Crippen LogP contribution in [0.1, 0.15) is 43.4 Å². The van der Waals surface area contributed by atoms with Crippen molar-refractivity contribution >= 4 is 22.7 Å². The molecule has 0 radical (unpaired) electrons. The fourth-order valence-electron chi connectivity index (χ4n) is 4.83. The Balaban J connectivity index is 1.44. The van der Waals surface area contributed by atoms with Gasteiger partial charge in [0, 0.05) is 29.9 Å². The van der Waals surface area contributed by atoms with Crippen molar-refractivity contribution in [3.05, 3.63) is 76.8 Å². The lowest BCUT2D eigenvalue weighted by atomic mass is 9.91. The van der Waals surface area contributed by atoms with E-state index >= 15 is 0 Å². The van der Waals surface area contributed by atoms with E-state index < -0.39 is 11.4 Å². The van der Waals surface area contributed by atoms with Crippen molar-refractivity contribution in [3.8, 4) is 0 Å². The number of halogens is 1. The minimum Gasteiger partial charge on any atom is -0.482 e. The first-order valence-corrected chi connectivity index (χ1v) is 11.1. The second kappa shape index (κ2) is 7.87. The molecule has 3 heterocycles. The third kappa shape index (κ3) is 3.85. The average molecular weight is 435 g/mol. The molecule has 166 valence electrons. The van der Waals surface area contributed by atoms with Crippen LogP contribution in [0.2, 0.25) is 0 Å². The van der Waals surface area contributed by atoms with Crippen LogP contribution < -0.4 is 5.32 Å². The van der Waals surface area contributed by atoms with Gasteiger partial charge in [-0.25, -0.2) is 4.39 Å². The van der Waals surface area contributed by atoms with Gasteiger partial charge >= 0.3 is 0 Å². The highest BCUT2D eigenvalue weighted by molar-refractivity contribution is 6.32. The number of aliphatic hydroxyl groups is 1. The van der Waals surface area contributed by atoms with Crippen molar-refractivity contribution in [2.75, 3.05) is 18.4 Å². The van der Waals surface area contributed by atoms with Gasteiger partial charge in [0.15, 0.2) is 0 Å². The van der Waals surface area contributed by atoms with Crippen LogP contribution in [0.3, 0.4) is 0 Å². The summed E-state index contributed by atoms with van der Waals surface area (Å²) in [5.74, 6) is -0.220. The molecule has 1 saturated heterocycles. The van der Waals surface area contributed by atoms with E-state index in [1.165, 1.54) is 17.7 Å². The first-order valence-electron chi connectivity index (χ1n) is 11.1. The summed E-state index contributed by atoms with van der Waals surface area (Å²) in [4.78, 5) is 14.9. The number of ether oxygens (including phenoxy) is 1. The Morgan fingerprint density at radius 3 is 2.75 bits per heavy atom. The first-order chi connectivity index (χ1) is 15.3. The van der Waals surface area contributed by atoms with Crippen molar-refractivity contribution in [2.45, 2.75) is 44.9 Å². The number of aliphatic hydroxyl groups excluding tert-OH is 1. The molecule has 32 heavy (non-hydrogen) atoms. The molecule has 0 saturated carbocycles. The molecule has 2 N–H and O–H groups in total. The van der Waals surface area contributed by atoms with Crippen LogP contribution in [-0.4, -0.2) is 40.7 Å². The fraction of sp³-hybridized carbons (Fsp3) is 0.346. The zero-order valence-electron chi connectivity index (χ0n) is 18.3. The van der Waals surface area contributed by atoms with Gasteiger partial charge in [0.25, 0.3) is 5.91 Å². The lowest BCUT2D eigenvalue weighted by Gasteiger charge is -2.30. The number of β-amino-alcohol motifs (C(OH)–C–C–N with tert-alkyl or cyclic N) is 1. The van der Waals surface area contributed by atoms with Gasteiger partial charge in [-0.15, -0.1) is 0 Å². The first kappa shape index (κ1) is 20.9. The predicted octanol–water partition coefficient (Wildman–Crippen LogP) is 4.34. The highest BCUT2D eigenvalue weighted by atomic mass is 19.1. The predicted molar refractivity (Wildman–Crippen MR) is 122 cm³/mol. The summed E-state index contributed by atoms with van der Waals surface area (Å²) in [6, 6.07) is 12.6. The molecule has 1 atom stereocenters. The van der Waals surface area contributed by atoms with Gasteiger partial charge in [-0.1, -0.05) is 24.3 Å². The Morgan fingerprint density at radius 1 is 1.22 bits per heavy atom. The Kier molecular flexibility index (Phi) is 5.14. The van der Waals surface area contributed by atoms with E-state index in [1.807, 2.05) is 19.9 Å². The number of carbonyl (C=O) groups excluding carboxylic acids is 1. The highest BCUT2D eigenvalue weighted by Crippen LogP contribution is 2.44. The third-order valence-corrected chi connectivity index (χ3v) is 6.41. The third-order valence-electron chi connectivity index (χ3n) is 6.41. The van der Waals surface area contributed by atoms with Crippen LogP contribution >= 0.6 is 0 Å². The molecule has 5 rings (SSSR count). The van der Waals surface area contributed by atoms with Crippen LogP contribution in [-0.2, 0) is 16.1 Å². The lowest BCUT2D eigenvalue weighted by Crippen LogP contribution is -2.37. The van der Waals surface area contributed by atoms with Gasteiger partial charge in [0.2, 0.25) is 0 Å². The van der Waals surface area contributed by atoms with Crippen LogP contribution in [0, 0.1) is 5.82 Å². The Labute approximate surface area is 187 Å². The molecule has 0 aromatic heterocycles. The molecule has 2 aromatic rings. The molecular weight excluding hydrogens is 407 g/mol. The van der Waals surface area contributed by atoms with Crippen molar-refractivity contribution in [2.24, 2.45) is 0 Å². The number of nitrogens with one attached hydrogen (secondary N) is 1. The number of likely N-dealkylation sites (tertiary alicyclic amines) is 1. The number of fused-ring (bicyclic) bond motifs is 1. The maximum Gasteiger partial charge on any atom is 0.260 e. The summed E-state index contributed by atoms with van der Waals surface area (Å²) in [5, 5.41) is 12.7. The van der Waals surface area contributed by atoms with Crippen LogP contribution in [0.15, 0.2) is 54.3 Å². The Hall–Kier alpha value is -2.96. The molecule has 1 amide bonds. The molecule has 1 unspecified atom stereocenters. The van der Waals surface area contributed by atoms with Gasteiger partial charge in [0.1, 0.15) is 17.2 Å². The van der Waals surface area contributed by atoms with E-state index in [0.717, 1.165) is 43.6 Å². The SMILES string of the molecule is CC1(C)OC(=C2C(=O)Nc3ccc(F)cc32)C=C1c1ccc(CN2CCCC(O)C2)cc1. The molecule has 2 aromatic carbocycles. The number of piperidine rings is 1. The molecule has 3 aliphatic rings. The smallest absolute Gasteiger partial charge is 0.260 e. The van der Waals surface area contributed by atoms with Gasteiger partial charge in [-0.2, -0.15) is 0 Å². The number of benzene rings is 2. The monoisotopic (exact) mass is 434 g/mol. The molecule has 1 fully saturated rings. The number of anilines is 1. The maximum absolute atomic E-state index is 13.8. The summed E-state index contributed by atoms with van der Waals surface area (Å²) in [6.45, 7) is 6.47. The normalized spacial score (nSPS) is 24.7. The zero-order valence-corrected chi connectivity index (χ0v) is 18.3. The van der Waals surface area contributed by atoms with Gasteiger partial charge < -0.3 is 15.2 Å². The number of carbonyl (C=O) groups is 1. The topological polar surface area (TPSA) is 61.8 Å². The van der Waals surface area contributed by atoms with E-state index in [4.69, 9.17) is 4.74 Å². The average Bonchev–Trinajstić information content (AvgIpc) is 3.23. The minimum atomic E-state index is -0.628. The number of nitrogens with zero attached hydrogens (tertiary/aromatic N) is 1. The van der Waals surface area contributed by atoms with Crippen molar-refractivity contribution in [1.29, 1.82) is 0 Å². The van der Waals surface area contributed by atoms with E-state index in [0.29, 0.717) is 22.6 Å². The molecule has 6 heteroatoms. The second-order valence-electron chi connectivity index (χ2n) is 9.28. The van der Waals surface area contributed by atoms with Crippen LogP contribution in [0.25, 0.3) is 11.1 Å². The molecule has 5 nitrogen and oxygen atoms in total. The quantitative estimate of drug-likeness (QED) is 0.706. The van der Waals surface area contributed by atoms with Crippen molar-refractivity contribution in [1.82, 2.24) is 4.90 Å². The van der Waals surface area contributed by atoms with E-state index in [9.17, 15) is 14.3 Å². The minimum absolute atomic E-state index is 0.234. The highest BCUT2D eigenvalue weighted by Gasteiger charge is 2.38. The molecule has 0 spiro atoms. The largest absolute Gasteiger partial charge is 0.482 e. The summed E-state index contributed by atoms with van der Waals surface area (Å²) < 4.78 is 20.0. The Morgan fingerprint density at radius 2 is 2.00 bits per heavy atom. The number of amides is 1. The lowest BCUT2D eigenvalue weighted by molar-refractivity contribution is -0.111. The molecule has 0 bridgehead atoms. The van der Waals surface area contributed by atoms with Gasteiger partial charge in [-0.05, 0) is 68.6 Å². The number of rotatable bonds is 3. The maximum atomic E-state index is 13.8. The van der Waals surface area contributed by atoms with Crippen molar-refractivity contribution in [3.63, 3.8) is 0 Å². The summed E-state index contributed by atoms with van der Waals surface area (Å²) in [5.41, 5.74) is 4.04. The van der Waals surface area contributed by atoms with Gasteiger partial charge in [-0.3, -0.25) is 9.69 Å². The van der Waals surface area contributed by atoms with Gasteiger partial charge in [0.05, 0.1) is 11.7 Å². The molecule has 3 aliphatic heterocycles. The zero-order chi connectivity index (χ0) is 22.5.